The van der Waals surface area contributed by atoms with Crippen LogP contribution in [0.25, 0.3) is 32.7 Å². The first kappa shape index (κ1) is 27.8. The second-order valence-electron chi connectivity index (χ2n) is 10.4. The lowest BCUT2D eigenvalue weighted by Gasteiger charge is -2.27. The zero-order chi connectivity index (χ0) is 29.1. The Bertz CT molecular complexity index is 1870. The van der Waals surface area contributed by atoms with Crippen LogP contribution in [0.15, 0.2) is 121 Å². The minimum atomic E-state index is -3.17. The molecule has 0 unspecified atom stereocenters. The van der Waals surface area contributed by atoms with E-state index in [9.17, 15) is 0 Å². The molecule has 4 nitrogen and oxygen atoms in total. The Balaban J connectivity index is 1.56. The van der Waals surface area contributed by atoms with Crippen LogP contribution >= 0.6 is 6.64 Å². The van der Waals surface area contributed by atoms with Crippen molar-refractivity contribution in [1.82, 2.24) is 0 Å². The third-order valence-electron chi connectivity index (χ3n) is 7.23. The van der Waals surface area contributed by atoms with Crippen LogP contribution in [0.4, 0.5) is 11.4 Å². The number of hydrogen-bond donors (Lipinski definition) is 2. The average molecular weight is 589 g/mol. The summed E-state index contributed by atoms with van der Waals surface area (Å²) in [5, 5.41) is 11.8. The third kappa shape index (κ3) is 5.85. The first-order valence-corrected chi connectivity index (χ1v) is 16.7. The fourth-order valence-corrected chi connectivity index (χ4v) is 7.42. The molecule has 0 radical (unpaired) electrons. The van der Waals surface area contributed by atoms with Crippen molar-refractivity contribution in [3.63, 3.8) is 0 Å². The summed E-state index contributed by atoms with van der Waals surface area (Å²) in [4.78, 5) is 0. The summed E-state index contributed by atoms with van der Waals surface area (Å²) in [6, 6.07) is 41.3. The van der Waals surface area contributed by atoms with Crippen LogP contribution in [-0.2, 0) is 11.8 Å². The van der Waals surface area contributed by atoms with E-state index in [2.05, 4.69) is 90.1 Å². The van der Waals surface area contributed by atoms with E-state index in [1.54, 1.807) is 0 Å². The highest BCUT2D eigenvalue weighted by Crippen LogP contribution is 2.52. The lowest BCUT2D eigenvalue weighted by Crippen LogP contribution is -2.11. The van der Waals surface area contributed by atoms with Crippen molar-refractivity contribution in [2.75, 3.05) is 16.9 Å². The Labute approximate surface area is 252 Å². The van der Waals surface area contributed by atoms with Gasteiger partial charge < -0.3 is 14.4 Å². The molecule has 0 aliphatic heterocycles. The van der Waals surface area contributed by atoms with Crippen molar-refractivity contribution in [2.45, 2.75) is 20.8 Å². The van der Waals surface area contributed by atoms with Gasteiger partial charge in [0.15, 0.2) is 0 Å². The van der Waals surface area contributed by atoms with Crippen molar-refractivity contribution in [2.24, 2.45) is 0 Å². The molecule has 0 aromatic heterocycles. The van der Waals surface area contributed by atoms with Crippen molar-refractivity contribution < 1.29 is 9.05 Å². The van der Waals surface area contributed by atoms with Crippen LogP contribution < -0.4 is 19.5 Å². The fraction of sp³-hybridized carbons (Fsp3) is 0.111. The summed E-state index contributed by atoms with van der Waals surface area (Å²) in [5.74, 6) is 1.31. The first-order chi connectivity index (χ1) is 20.4. The summed E-state index contributed by atoms with van der Waals surface area (Å²) in [7, 11) is 0. The van der Waals surface area contributed by atoms with E-state index in [1.165, 1.54) is 5.39 Å². The minimum Gasteiger partial charge on any atom is -0.421 e. The van der Waals surface area contributed by atoms with Gasteiger partial charge in [-0.15, -0.1) is 0 Å². The number of nitrogens with one attached hydrogen (secondary N) is 2. The molecule has 2 N–H and O–H groups in total. The smallest absolute Gasteiger partial charge is 0.392 e. The zero-order valence-corrected chi connectivity index (χ0v) is 25.6. The van der Waals surface area contributed by atoms with Crippen molar-refractivity contribution in [3.8, 4) is 22.6 Å². The highest BCUT2D eigenvalue weighted by Gasteiger charge is 2.27. The van der Waals surface area contributed by atoms with Gasteiger partial charge in [-0.1, -0.05) is 96.1 Å². The lowest BCUT2D eigenvalue weighted by molar-refractivity contribution is 0.492. The molecule has 0 saturated heterocycles. The normalized spacial score (nSPS) is 11.4. The van der Waals surface area contributed by atoms with Crippen LogP contribution in [0.2, 0.25) is 0 Å². The average Bonchev–Trinajstić information content (AvgIpc) is 3.00. The lowest BCUT2D eigenvalue weighted by atomic mass is 9.91. The van der Waals surface area contributed by atoms with Crippen LogP contribution in [0.1, 0.15) is 18.1 Å². The van der Waals surface area contributed by atoms with Crippen LogP contribution in [0, 0.1) is 13.8 Å². The highest BCUT2D eigenvalue weighted by atomic mass is 32.5. The van der Waals surface area contributed by atoms with Crippen molar-refractivity contribution in [1.29, 1.82) is 0 Å². The summed E-state index contributed by atoms with van der Waals surface area (Å²) < 4.78 is 13.1. The molecule has 0 fully saturated rings. The highest BCUT2D eigenvalue weighted by molar-refractivity contribution is 8.10. The quantitative estimate of drug-likeness (QED) is 0.165. The van der Waals surface area contributed by atoms with Gasteiger partial charge >= 0.3 is 6.64 Å². The van der Waals surface area contributed by atoms with Gasteiger partial charge in [-0.3, -0.25) is 5.09 Å². The second kappa shape index (κ2) is 11.9. The fourth-order valence-electron chi connectivity index (χ4n) is 5.20. The van der Waals surface area contributed by atoms with Gasteiger partial charge in [-0.2, -0.15) is 0 Å². The van der Waals surface area contributed by atoms with Gasteiger partial charge in [0.05, 0.1) is 5.69 Å². The van der Waals surface area contributed by atoms with Crippen LogP contribution in [0.5, 0.6) is 11.5 Å². The molecule has 0 aliphatic carbocycles. The molecule has 210 valence electrons. The molecule has 0 atom stereocenters. The van der Waals surface area contributed by atoms with Gasteiger partial charge in [-0.25, -0.2) is 0 Å². The maximum absolute atomic E-state index is 6.54. The molecule has 0 spiro atoms. The Morgan fingerprint density at radius 3 is 1.52 bits per heavy atom. The van der Waals surface area contributed by atoms with E-state index in [-0.39, 0.29) is 0 Å². The molecule has 6 aromatic rings. The van der Waals surface area contributed by atoms with E-state index in [1.807, 2.05) is 62.4 Å². The molecule has 0 saturated carbocycles. The van der Waals surface area contributed by atoms with Gasteiger partial charge in [0.25, 0.3) is 0 Å². The monoisotopic (exact) mass is 588 g/mol. The molecule has 6 heteroatoms. The van der Waals surface area contributed by atoms with E-state index in [0.717, 1.165) is 56.3 Å². The van der Waals surface area contributed by atoms with Crippen molar-refractivity contribution in [3.05, 3.63) is 132 Å². The van der Waals surface area contributed by atoms with Crippen molar-refractivity contribution >= 4 is 51.4 Å². The number of rotatable bonds is 9. The summed E-state index contributed by atoms with van der Waals surface area (Å²) >= 11 is 6.27. The van der Waals surface area contributed by atoms with E-state index >= 15 is 0 Å². The molecule has 0 bridgehead atoms. The second-order valence-corrected chi connectivity index (χ2v) is 13.4. The maximum Gasteiger partial charge on any atom is 0.392 e. The van der Waals surface area contributed by atoms with E-state index in [0.29, 0.717) is 11.5 Å². The van der Waals surface area contributed by atoms with Crippen LogP contribution in [-0.4, -0.2) is 6.54 Å². The van der Waals surface area contributed by atoms with Crippen LogP contribution in [0.3, 0.4) is 0 Å². The SMILES string of the molecule is CCNc1ccc2ccccc2c1-c1c(NP(=S)(Oc2ccc(C)cc2)Oc2ccc(C)cc2)ccc2ccccc12. The number of anilines is 2. The Kier molecular flexibility index (Phi) is 7.88. The van der Waals surface area contributed by atoms with E-state index < -0.39 is 6.64 Å². The largest absolute Gasteiger partial charge is 0.421 e. The zero-order valence-electron chi connectivity index (χ0n) is 23.9. The number of benzene rings is 6. The Hall–Kier alpha value is -4.31. The number of hydrogen-bond acceptors (Lipinski definition) is 4. The Morgan fingerprint density at radius 1 is 0.571 bits per heavy atom. The molecule has 6 rings (SSSR count). The summed E-state index contributed by atoms with van der Waals surface area (Å²) in [6.45, 7) is 3.84. The summed E-state index contributed by atoms with van der Waals surface area (Å²) in [6.07, 6.45) is 0. The predicted molar refractivity (Wildman–Crippen MR) is 183 cm³/mol. The molecule has 42 heavy (non-hydrogen) atoms. The minimum absolute atomic E-state index is 0.657. The summed E-state index contributed by atoms with van der Waals surface area (Å²) in [5.41, 5.74) is 6.37. The number of aryl methyl sites for hydroxylation is 2. The molecule has 0 aliphatic rings. The van der Waals surface area contributed by atoms with Gasteiger partial charge in [0.1, 0.15) is 11.5 Å². The molecule has 0 heterocycles. The van der Waals surface area contributed by atoms with Gasteiger partial charge in [0.2, 0.25) is 0 Å². The molecular formula is C36H33N2O2PS. The molecular weight excluding hydrogens is 555 g/mol. The number of fused-ring (bicyclic) bond motifs is 2. The van der Waals surface area contributed by atoms with Gasteiger partial charge in [-0.05, 0) is 78.7 Å². The predicted octanol–water partition coefficient (Wildman–Crippen LogP) is 10.5. The standard InChI is InChI=1S/C36H33N2O2PS/c1-4-37-33-23-17-27-9-5-7-11-31(27)35(33)36-32-12-8-6-10-28(32)18-24-34(36)38-41(42,39-29-19-13-25(2)14-20-29)40-30-21-15-26(3)16-22-30/h5-24,37H,4H2,1-3H3,(H,38,42). The van der Waals surface area contributed by atoms with Gasteiger partial charge in [0, 0.05) is 35.2 Å². The Morgan fingerprint density at radius 2 is 1.02 bits per heavy atom. The molecule has 6 aromatic carbocycles. The third-order valence-corrected chi connectivity index (χ3v) is 9.36. The first-order valence-electron chi connectivity index (χ1n) is 14.1. The maximum atomic E-state index is 6.54. The van der Waals surface area contributed by atoms with E-state index in [4.69, 9.17) is 20.9 Å². The molecule has 0 amide bonds. The topological polar surface area (TPSA) is 42.5 Å².